The van der Waals surface area contributed by atoms with E-state index < -0.39 is 28.3 Å². The Bertz CT molecular complexity index is 1720. The van der Waals surface area contributed by atoms with Gasteiger partial charge in [-0.05, 0) is 78.8 Å². The van der Waals surface area contributed by atoms with Crippen LogP contribution < -0.4 is 9.64 Å². The van der Waals surface area contributed by atoms with E-state index in [-0.39, 0.29) is 24.2 Å². The fourth-order valence-electron chi connectivity index (χ4n) is 4.79. The van der Waals surface area contributed by atoms with Crippen molar-refractivity contribution in [1.29, 1.82) is 0 Å². The lowest BCUT2D eigenvalue weighted by Crippen LogP contribution is -2.44. The van der Waals surface area contributed by atoms with Gasteiger partial charge in [-0.3, -0.25) is 10.1 Å². The second kappa shape index (κ2) is 13.1. The predicted molar refractivity (Wildman–Crippen MR) is 172 cm³/mol. The van der Waals surface area contributed by atoms with Gasteiger partial charge >= 0.3 is 12.2 Å². The number of hydrogen-bond donors (Lipinski definition) is 0. The van der Waals surface area contributed by atoms with E-state index in [1.807, 2.05) is 25.3 Å². The molecule has 0 N–H and O–H groups in total. The van der Waals surface area contributed by atoms with Crippen LogP contribution in [0.1, 0.15) is 79.7 Å². The standard InChI is InChI=1S/C31H33N5O8.C2H6/c1-18-24-23(16-41-18)34(19-11-13-21(14-12-19)42-22-10-8-9-20(15-22)36(39)40)26-25(24)32-17-33-27(26)35(28(37)43-30(2,3)4)29(38)44-31(5,6)7;1-2/h8-15,17-18H,16H2,1-7H3;1-2H3. The van der Waals surface area contributed by atoms with Gasteiger partial charge in [-0.1, -0.05) is 19.9 Å². The van der Waals surface area contributed by atoms with Crippen molar-refractivity contribution in [2.75, 3.05) is 4.90 Å². The summed E-state index contributed by atoms with van der Waals surface area (Å²) in [6.45, 7) is 16.3. The fraction of sp³-hybridized carbons (Fsp3) is 0.394. The maximum Gasteiger partial charge on any atom is 0.425 e. The SMILES string of the molecule is CC.CC1OCc2c1c1ncnc(N(C(=O)OC(C)(C)C)C(=O)OC(C)(C)C)c1n2-c1ccc(Oc2cccc([N+](=O)[O-])c2)cc1. The average molecular weight is 634 g/mol. The number of fused-ring (bicyclic) bond motifs is 3. The molecule has 0 fully saturated rings. The second-order valence-electron chi connectivity index (χ2n) is 12.2. The number of nitro benzene ring substituents is 1. The summed E-state index contributed by atoms with van der Waals surface area (Å²) in [4.78, 5) is 47.5. The number of carbonyl (C=O) groups excluding carboxylic acids is 2. The zero-order valence-electron chi connectivity index (χ0n) is 27.5. The van der Waals surface area contributed by atoms with Gasteiger partial charge in [-0.15, -0.1) is 0 Å². The Morgan fingerprint density at radius 3 is 2.13 bits per heavy atom. The molecule has 0 bridgehead atoms. The lowest BCUT2D eigenvalue weighted by molar-refractivity contribution is -0.384. The van der Waals surface area contributed by atoms with Crippen LogP contribution in [-0.4, -0.2) is 42.8 Å². The largest absolute Gasteiger partial charge is 0.457 e. The van der Waals surface area contributed by atoms with Crippen molar-refractivity contribution in [1.82, 2.24) is 14.5 Å². The van der Waals surface area contributed by atoms with E-state index in [4.69, 9.17) is 18.9 Å². The Labute approximate surface area is 267 Å². The van der Waals surface area contributed by atoms with Crippen molar-refractivity contribution in [3.05, 3.63) is 76.2 Å². The number of anilines is 1. The molecule has 13 heteroatoms. The van der Waals surface area contributed by atoms with Crippen molar-refractivity contribution in [2.45, 2.75) is 86.2 Å². The summed E-state index contributed by atoms with van der Waals surface area (Å²) in [5, 5.41) is 11.2. The van der Waals surface area contributed by atoms with E-state index in [2.05, 4.69) is 9.97 Å². The molecule has 0 spiro atoms. The van der Waals surface area contributed by atoms with E-state index in [9.17, 15) is 19.7 Å². The zero-order chi connectivity index (χ0) is 34.0. The molecule has 3 heterocycles. The van der Waals surface area contributed by atoms with Crippen molar-refractivity contribution in [3.63, 3.8) is 0 Å². The molecule has 5 rings (SSSR count). The molecule has 4 aromatic rings. The minimum atomic E-state index is -0.954. The average Bonchev–Trinajstić information content (AvgIpc) is 3.51. The smallest absolute Gasteiger partial charge is 0.425 e. The molecule has 2 amide bonds. The molecule has 13 nitrogen and oxygen atoms in total. The first-order valence-electron chi connectivity index (χ1n) is 14.9. The highest BCUT2D eigenvalue weighted by Crippen LogP contribution is 2.42. The molecule has 0 radical (unpaired) electrons. The van der Waals surface area contributed by atoms with Gasteiger partial charge in [0, 0.05) is 17.3 Å². The van der Waals surface area contributed by atoms with Crippen LogP contribution >= 0.6 is 0 Å². The van der Waals surface area contributed by atoms with Gasteiger partial charge in [0.25, 0.3) is 5.69 Å². The van der Waals surface area contributed by atoms with Crippen LogP contribution in [0.25, 0.3) is 16.7 Å². The molecule has 1 aliphatic rings. The van der Waals surface area contributed by atoms with Gasteiger partial charge in [-0.25, -0.2) is 19.6 Å². The molecule has 2 aromatic carbocycles. The van der Waals surface area contributed by atoms with Gasteiger partial charge < -0.3 is 23.5 Å². The Morgan fingerprint density at radius 2 is 1.57 bits per heavy atom. The van der Waals surface area contributed by atoms with Crippen molar-refractivity contribution in [3.8, 4) is 17.2 Å². The van der Waals surface area contributed by atoms with E-state index in [1.54, 1.807) is 77.9 Å². The van der Waals surface area contributed by atoms with Crippen LogP contribution in [0.3, 0.4) is 0 Å². The highest BCUT2D eigenvalue weighted by Gasteiger charge is 2.38. The number of carbonyl (C=O) groups is 2. The number of ether oxygens (including phenoxy) is 4. The lowest BCUT2D eigenvalue weighted by Gasteiger charge is -2.28. The van der Waals surface area contributed by atoms with Gasteiger partial charge in [0.15, 0.2) is 5.82 Å². The molecule has 1 unspecified atom stereocenters. The summed E-state index contributed by atoms with van der Waals surface area (Å²) >= 11 is 0. The number of imide groups is 1. The third-order valence-electron chi connectivity index (χ3n) is 6.46. The van der Waals surface area contributed by atoms with Crippen molar-refractivity contribution in [2.24, 2.45) is 0 Å². The Morgan fingerprint density at radius 1 is 0.957 bits per heavy atom. The third-order valence-corrected chi connectivity index (χ3v) is 6.46. The number of benzene rings is 2. The molecule has 0 saturated heterocycles. The van der Waals surface area contributed by atoms with Crippen LogP contribution in [0, 0.1) is 10.1 Å². The minimum absolute atomic E-state index is 0.0166. The Balaban J connectivity index is 0.00000235. The summed E-state index contributed by atoms with van der Waals surface area (Å²) in [6, 6.07) is 12.8. The highest BCUT2D eigenvalue weighted by atomic mass is 16.6. The number of aromatic nitrogens is 3. The monoisotopic (exact) mass is 633 g/mol. The molecule has 1 atom stereocenters. The molecule has 244 valence electrons. The van der Waals surface area contributed by atoms with Crippen LogP contribution in [0.4, 0.5) is 21.1 Å². The minimum Gasteiger partial charge on any atom is -0.457 e. The number of nitro groups is 1. The number of non-ortho nitro benzene ring substituents is 1. The van der Waals surface area contributed by atoms with Crippen LogP contribution in [-0.2, 0) is 20.8 Å². The van der Waals surface area contributed by atoms with Crippen molar-refractivity contribution < 1.29 is 33.5 Å². The van der Waals surface area contributed by atoms with E-state index in [0.29, 0.717) is 28.2 Å². The van der Waals surface area contributed by atoms with Crippen LogP contribution in [0.2, 0.25) is 0 Å². The van der Waals surface area contributed by atoms with Crippen LogP contribution in [0.5, 0.6) is 11.5 Å². The van der Waals surface area contributed by atoms with Gasteiger partial charge in [0.2, 0.25) is 0 Å². The molecular weight excluding hydrogens is 594 g/mol. The number of nitrogens with zero attached hydrogens (tertiary/aromatic N) is 5. The maximum atomic E-state index is 13.6. The van der Waals surface area contributed by atoms with Crippen molar-refractivity contribution >= 4 is 34.7 Å². The maximum absolute atomic E-state index is 13.6. The summed E-state index contributed by atoms with van der Waals surface area (Å²) in [5.74, 6) is 0.729. The normalized spacial score (nSPS) is 14.2. The predicted octanol–water partition coefficient (Wildman–Crippen LogP) is 8.42. The first kappa shape index (κ1) is 33.8. The summed E-state index contributed by atoms with van der Waals surface area (Å²) in [6.07, 6.45) is -0.941. The first-order chi connectivity index (χ1) is 21.6. The Hall–Kier alpha value is -5.04. The highest BCUT2D eigenvalue weighted by molar-refractivity contribution is 6.13. The van der Waals surface area contributed by atoms with Gasteiger partial charge in [-0.2, -0.15) is 4.90 Å². The quantitative estimate of drug-likeness (QED) is 0.155. The molecule has 0 aliphatic carbocycles. The van der Waals surface area contributed by atoms with Gasteiger partial charge in [0.1, 0.15) is 40.1 Å². The number of amides is 2. The van der Waals surface area contributed by atoms with E-state index in [0.717, 1.165) is 16.2 Å². The second-order valence-corrected chi connectivity index (χ2v) is 12.2. The van der Waals surface area contributed by atoms with E-state index >= 15 is 0 Å². The Kier molecular flexibility index (Phi) is 9.66. The lowest BCUT2D eigenvalue weighted by atomic mass is 10.1. The summed E-state index contributed by atoms with van der Waals surface area (Å²) < 4.78 is 24.9. The topological polar surface area (TPSA) is 148 Å². The third kappa shape index (κ3) is 7.26. The number of hydrogen-bond acceptors (Lipinski definition) is 10. The summed E-state index contributed by atoms with van der Waals surface area (Å²) in [7, 11) is 0. The summed E-state index contributed by atoms with van der Waals surface area (Å²) in [5.41, 5.74) is 1.19. The molecular formula is C33H39N5O8. The number of rotatable bonds is 5. The van der Waals surface area contributed by atoms with E-state index in [1.165, 1.54) is 18.5 Å². The first-order valence-corrected chi connectivity index (χ1v) is 14.9. The fourth-order valence-corrected chi connectivity index (χ4v) is 4.79. The molecule has 46 heavy (non-hydrogen) atoms. The molecule has 2 aromatic heterocycles. The van der Waals surface area contributed by atoms with Crippen LogP contribution in [0.15, 0.2) is 54.9 Å². The zero-order valence-corrected chi connectivity index (χ0v) is 27.5. The molecule has 0 saturated carbocycles. The molecule has 1 aliphatic heterocycles. The van der Waals surface area contributed by atoms with Gasteiger partial charge in [0.05, 0.1) is 29.4 Å².